The zero-order valence-corrected chi connectivity index (χ0v) is 37.3. The van der Waals surface area contributed by atoms with Crippen molar-refractivity contribution < 1.29 is 10.2 Å². The van der Waals surface area contributed by atoms with Crippen LogP contribution in [0.3, 0.4) is 0 Å². The number of aliphatic imine (C=N–C) groups is 2. The van der Waals surface area contributed by atoms with Crippen LogP contribution < -0.4 is 0 Å². The topological polar surface area (TPSA) is 65.2 Å². The first-order valence-corrected chi connectivity index (χ1v) is 23.8. The number of para-hydroxylation sites is 1. The highest BCUT2D eigenvalue weighted by Crippen LogP contribution is 2.34. The number of aryl methyl sites for hydroxylation is 5. The Morgan fingerprint density at radius 3 is 1.23 bits per heavy atom. The second kappa shape index (κ2) is 29.8. The Labute approximate surface area is 350 Å². The maximum atomic E-state index is 11.6. The van der Waals surface area contributed by atoms with Crippen LogP contribution in [0, 0.1) is 6.92 Å². The second-order valence-corrected chi connectivity index (χ2v) is 16.9. The molecule has 0 amide bonds. The van der Waals surface area contributed by atoms with E-state index in [1.165, 1.54) is 152 Å². The van der Waals surface area contributed by atoms with Gasteiger partial charge in [-0.3, -0.25) is 9.98 Å². The van der Waals surface area contributed by atoms with Gasteiger partial charge in [-0.15, -0.1) is 0 Å². The molecule has 0 atom stereocenters. The quantitative estimate of drug-likeness (QED) is 0.0490. The zero-order chi connectivity index (χ0) is 40.9. The van der Waals surface area contributed by atoms with Crippen molar-refractivity contribution in [1.82, 2.24) is 0 Å². The van der Waals surface area contributed by atoms with Crippen molar-refractivity contribution in [3.8, 4) is 11.5 Å². The lowest BCUT2D eigenvalue weighted by Gasteiger charge is -2.13. The molecule has 316 valence electrons. The molecule has 0 aliphatic heterocycles. The van der Waals surface area contributed by atoms with Crippen LogP contribution in [0.2, 0.25) is 0 Å². The smallest absolute Gasteiger partial charge is 0.127 e. The molecule has 0 aliphatic carbocycles. The van der Waals surface area contributed by atoms with Crippen molar-refractivity contribution in [2.75, 3.05) is 0 Å². The van der Waals surface area contributed by atoms with Gasteiger partial charge in [-0.05, 0) is 104 Å². The molecule has 0 saturated carbocycles. The molecule has 0 bridgehead atoms. The highest BCUT2D eigenvalue weighted by atomic mass is 16.3. The number of hydrogen-bond acceptors (Lipinski definition) is 4. The van der Waals surface area contributed by atoms with Gasteiger partial charge < -0.3 is 10.2 Å². The predicted octanol–water partition coefficient (Wildman–Crippen LogP) is 16.5. The molecular weight excluding hydrogens is 697 g/mol. The highest BCUT2D eigenvalue weighted by Gasteiger charge is 2.13. The van der Waals surface area contributed by atoms with Gasteiger partial charge in [-0.1, -0.05) is 180 Å². The van der Waals surface area contributed by atoms with Crippen molar-refractivity contribution in [1.29, 1.82) is 0 Å². The molecule has 4 heteroatoms. The lowest BCUT2D eigenvalue weighted by Crippen LogP contribution is -1.97. The molecule has 0 heterocycles. The van der Waals surface area contributed by atoms with Gasteiger partial charge in [0.05, 0.1) is 11.4 Å². The van der Waals surface area contributed by atoms with Crippen LogP contribution in [0.1, 0.15) is 221 Å². The number of nitrogens with zero attached hydrogens (tertiary/aromatic N) is 2. The molecule has 0 saturated heterocycles. The van der Waals surface area contributed by atoms with Crippen LogP contribution >= 0.6 is 0 Å². The molecule has 3 aromatic carbocycles. The van der Waals surface area contributed by atoms with Crippen molar-refractivity contribution in [2.24, 2.45) is 9.98 Å². The molecule has 0 spiro atoms. The van der Waals surface area contributed by atoms with Crippen LogP contribution in [-0.2, 0) is 25.7 Å². The molecule has 0 radical (unpaired) electrons. The Kier molecular flexibility index (Phi) is 25.0. The normalized spacial score (nSPS) is 11.8. The summed E-state index contributed by atoms with van der Waals surface area (Å²) in [6, 6.07) is 14.9. The first-order valence-electron chi connectivity index (χ1n) is 23.8. The van der Waals surface area contributed by atoms with Gasteiger partial charge in [0.25, 0.3) is 0 Å². The van der Waals surface area contributed by atoms with E-state index in [2.05, 4.69) is 65.0 Å². The summed E-state index contributed by atoms with van der Waals surface area (Å²) in [6.07, 6.45) is 37.6. The molecular formula is C53H82N2O2. The molecule has 0 fully saturated rings. The van der Waals surface area contributed by atoms with Crippen LogP contribution in [0.4, 0.5) is 11.4 Å². The van der Waals surface area contributed by atoms with Gasteiger partial charge in [0, 0.05) is 23.6 Å². The number of benzene rings is 3. The van der Waals surface area contributed by atoms with E-state index in [4.69, 9.17) is 9.98 Å². The van der Waals surface area contributed by atoms with Crippen LogP contribution in [-0.4, -0.2) is 22.6 Å². The molecule has 3 aromatic rings. The summed E-state index contributed by atoms with van der Waals surface area (Å²) < 4.78 is 0. The summed E-state index contributed by atoms with van der Waals surface area (Å²) in [5.74, 6) is 0.726. The van der Waals surface area contributed by atoms with E-state index in [0.717, 1.165) is 77.7 Å². The van der Waals surface area contributed by atoms with E-state index in [1.54, 1.807) is 0 Å². The maximum absolute atomic E-state index is 11.6. The lowest BCUT2D eigenvalue weighted by molar-refractivity contribution is 0.464. The standard InChI is InChI=1S/C53H82N2O2/c1-6-10-14-18-22-26-32-44-37-46(34-28-24-20-16-12-8-3)52(56)48(39-44)41-54-50-36-30-31-43(5)51(50)55-42-49-40-45(33-27-23-19-15-11-7-2)38-47(53(49)57)35-29-25-21-17-13-9-4/h30-31,36-42,56-57H,6-29,32-35H2,1-5H3. The molecule has 57 heavy (non-hydrogen) atoms. The molecule has 0 unspecified atom stereocenters. The summed E-state index contributed by atoms with van der Waals surface area (Å²) in [4.78, 5) is 10.0. The summed E-state index contributed by atoms with van der Waals surface area (Å²) in [6.45, 7) is 11.1. The fraction of sp³-hybridized carbons (Fsp3) is 0.623. The summed E-state index contributed by atoms with van der Waals surface area (Å²) >= 11 is 0. The number of hydrogen-bond donors (Lipinski definition) is 2. The van der Waals surface area contributed by atoms with E-state index >= 15 is 0 Å². The van der Waals surface area contributed by atoms with E-state index in [0.29, 0.717) is 11.5 Å². The highest BCUT2D eigenvalue weighted by molar-refractivity contribution is 5.91. The maximum Gasteiger partial charge on any atom is 0.127 e. The monoisotopic (exact) mass is 779 g/mol. The van der Waals surface area contributed by atoms with Gasteiger partial charge in [0.2, 0.25) is 0 Å². The third-order valence-electron chi connectivity index (χ3n) is 11.7. The van der Waals surface area contributed by atoms with E-state index in [9.17, 15) is 10.2 Å². The third-order valence-corrected chi connectivity index (χ3v) is 11.7. The van der Waals surface area contributed by atoms with E-state index in [-0.39, 0.29) is 0 Å². The van der Waals surface area contributed by atoms with Crippen molar-refractivity contribution in [3.63, 3.8) is 0 Å². The van der Waals surface area contributed by atoms with Gasteiger partial charge in [0.15, 0.2) is 0 Å². The minimum Gasteiger partial charge on any atom is -0.507 e. The lowest BCUT2D eigenvalue weighted by atomic mass is 9.96. The molecule has 0 aliphatic rings. The Bertz CT molecular complexity index is 1590. The SMILES string of the molecule is CCCCCCCCc1cc(C=Nc2cccc(C)c2N=Cc2cc(CCCCCCCC)cc(CCCCCCCC)c2O)c(O)c(CCCCCCCC)c1. The Morgan fingerprint density at radius 2 is 0.807 bits per heavy atom. The van der Waals surface area contributed by atoms with Crippen LogP contribution in [0.5, 0.6) is 11.5 Å². The summed E-state index contributed by atoms with van der Waals surface area (Å²) in [7, 11) is 0. The third kappa shape index (κ3) is 18.8. The fourth-order valence-electron chi connectivity index (χ4n) is 8.04. The first kappa shape index (κ1) is 48.0. The molecule has 0 aromatic heterocycles. The summed E-state index contributed by atoms with van der Waals surface area (Å²) in [5, 5.41) is 23.1. The zero-order valence-electron chi connectivity index (χ0n) is 37.3. The largest absolute Gasteiger partial charge is 0.507 e. The van der Waals surface area contributed by atoms with Crippen LogP contribution in [0.25, 0.3) is 0 Å². The predicted molar refractivity (Wildman–Crippen MR) is 250 cm³/mol. The van der Waals surface area contributed by atoms with E-state index < -0.39 is 0 Å². The molecule has 3 rings (SSSR count). The Balaban J connectivity index is 1.87. The number of unbranched alkanes of at least 4 members (excludes halogenated alkanes) is 20. The average Bonchev–Trinajstić information content (AvgIpc) is 3.21. The van der Waals surface area contributed by atoms with Crippen LogP contribution in [0.15, 0.2) is 52.4 Å². The Hall–Kier alpha value is -3.40. The Morgan fingerprint density at radius 1 is 0.439 bits per heavy atom. The molecule has 4 nitrogen and oxygen atoms in total. The van der Waals surface area contributed by atoms with Gasteiger partial charge in [-0.2, -0.15) is 0 Å². The number of aromatic hydroxyl groups is 2. The van der Waals surface area contributed by atoms with Crippen molar-refractivity contribution in [3.05, 3.63) is 81.4 Å². The minimum absolute atomic E-state index is 0.363. The fourth-order valence-corrected chi connectivity index (χ4v) is 8.04. The number of phenolic OH excluding ortho intramolecular Hbond substituents is 2. The second-order valence-electron chi connectivity index (χ2n) is 16.9. The minimum atomic E-state index is 0.363. The van der Waals surface area contributed by atoms with Gasteiger partial charge in [0.1, 0.15) is 11.5 Å². The van der Waals surface area contributed by atoms with Gasteiger partial charge >= 0.3 is 0 Å². The van der Waals surface area contributed by atoms with Crippen molar-refractivity contribution >= 4 is 23.8 Å². The molecule has 2 N–H and O–H groups in total. The first-order chi connectivity index (χ1) is 27.9. The number of phenols is 2. The van der Waals surface area contributed by atoms with Crippen molar-refractivity contribution in [2.45, 2.75) is 214 Å². The van der Waals surface area contributed by atoms with E-state index in [1.807, 2.05) is 24.6 Å². The average molecular weight is 779 g/mol. The summed E-state index contributed by atoms with van der Waals surface area (Å²) in [5.41, 5.74) is 8.84. The van der Waals surface area contributed by atoms with Gasteiger partial charge in [-0.25, -0.2) is 0 Å². The number of rotatable bonds is 32.